The fourth-order valence-electron chi connectivity index (χ4n) is 4.77. The molecule has 0 spiro atoms. The topological polar surface area (TPSA) is 104 Å². The lowest BCUT2D eigenvalue weighted by atomic mass is 10.0. The van der Waals surface area contributed by atoms with Gasteiger partial charge >= 0.3 is 5.69 Å². The number of hydrogen-bond acceptors (Lipinski definition) is 6. The van der Waals surface area contributed by atoms with Crippen LogP contribution < -0.4 is 16.0 Å². The molecule has 1 heterocycles. The molecule has 8 nitrogen and oxygen atoms in total. The SMILES string of the molecule is COc1cccc(C(=O)Cn2c(=O)n(CCCS(=O)(=O)C3CCCCC3)c(=O)c3ccccc32)c1. The van der Waals surface area contributed by atoms with Gasteiger partial charge in [0, 0.05) is 12.1 Å². The molecule has 2 aromatic carbocycles. The van der Waals surface area contributed by atoms with E-state index in [0.717, 1.165) is 23.8 Å². The zero-order valence-corrected chi connectivity index (χ0v) is 20.6. The first-order chi connectivity index (χ1) is 16.8. The summed E-state index contributed by atoms with van der Waals surface area (Å²) in [4.78, 5) is 39.5. The molecule has 0 atom stereocenters. The van der Waals surface area contributed by atoms with E-state index in [0.29, 0.717) is 35.1 Å². The van der Waals surface area contributed by atoms with Crippen LogP contribution in [0, 0.1) is 0 Å². The number of rotatable bonds is 9. The van der Waals surface area contributed by atoms with E-state index >= 15 is 0 Å². The third kappa shape index (κ3) is 5.40. The molecule has 0 aliphatic heterocycles. The van der Waals surface area contributed by atoms with E-state index in [1.165, 1.54) is 11.7 Å². The van der Waals surface area contributed by atoms with Crippen LogP contribution in [0.5, 0.6) is 5.75 Å². The van der Waals surface area contributed by atoms with Crippen LogP contribution in [0.15, 0.2) is 58.1 Å². The van der Waals surface area contributed by atoms with Gasteiger partial charge in [-0.15, -0.1) is 0 Å². The molecule has 1 aromatic heterocycles. The maximum atomic E-state index is 13.4. The van der Waals surface area contributed by atoms with Crippen molar-refractivity contribution in [2.24, 2.45) is 0 Å². The van der Waals surface area contributed by atoms with E-state index in [9.17, 15) is 22.8 Å². The molecule has 0 unspecified atom stereocenters. The number of para-hydroxylation sites is 1. The number of nitrogens with zero attached hydrogens (tertiary/aromatic N) is 2. The molecular weight excluding hydrogens is 468 g/mol. The Balaban J connectivity index is 1.63. The van der Waals surface area contributed by atoms with Gasteiger partial charge in [0.25, 0.3) is 5.56 Å². The van der Waals surface area contributed by atoms with Crippen LogP contribution >= 0.6 is 0 Å². The van der Waals surface area contributed by atoms with Gasteiger partial charge in [-0.1, -0.05) is 43.5 Å². The third-order valence-corrected chi connectivity index (χ3v) is 9.04. The van der Waals surface area contributed by atoms with Crippen molar-refractivity contribution < 1.29 is 17.9 Å². The quantitative estimate of drug-likeness (QED) is 0.420. The highest BCUT2D eigenvalue weighted by atomic mass is 32.2. The van der Waals surface area contributed by atoms with Gasteiger partial charge < -0.3 is 4.74 Å². The second-order valence-electron chi connectivity index (χ2n) is 8.98. The number of fused-ring (bicyclic) bond motifs is 1. The van der Waals surface area contributed by atoms with Gasteiger partial charge in [0.2, 0.25) is 0 Å². The number of Topliss-reactive ketones (excluding diaryl/α,β-unsaturated/α-hetero) is 1. The molecule has 3 aromatic rings. The third-order valence-electron chi connectivity index (χ3n) is 6.70. The van der Waals surface area contributed by atoms with Crippen LogP contribution in [0.25, 0.3) is 10.9 Å². The second-order valence-corrected chi connectivity index (χ2v) is 11.4. The lowest BCUT2D eigenvalue weighted by Gasteiger charge is -2.21. The van der Waals surface area contributed by atoms with Gasteiger partial charge in [-0.3, -0.25) is 18.7 Å². The first kappa shape index (κ1) is 24.9. The first-order valence-corrected chi connectivity index (χ1v) is 13.6. The summed E-state index contributed by atoms with van der Waals surface area (Å²) >= 11 is 0. The summed E-state index contributed by atoms with van der Waals surface area (Å²) in [6.45, 7) is -0.283. The standard InChI is InChI=1S/C26H30N2O6S/c1-34-20-10-7-9-19(17-20)24(29)18-28-23-14-6-5-13-22(23)25(30)27(26(28)31)15-8-16-35(32,33)21-11-3-2-4-12-21/h5-7,9-10,13-14,17,21H,2-4,8,11-12,15-16,18H2,1H3. The Morgan fingerprint density at radius 2 is 1.74 bits per heavy atom. The molecule has 0 bridgehead atoms. The highest BCUT2D eigenvalue weighted by Gasteiger charge is 2.27. The molecule has 4 rings (SSSR count). The Morgan fingerprint density at radius 1 is 1.00 bits per heavy atom. The molecule has 1 aliphatic rings. The van der Waals surface area contributed by atoms with E-state index in [4.69, 9.17) is 4.74 Å². The van der Waals surface area contributed by atoms with Crippen LogP contribution in [-0.2, 0) is 22.9 Å². The molecule has 0 N–H and O–H groups in total. The zero-order valence-electron chi connectivity index (χ0n) is 19.8. The van der Waals surface area contributed by atoms with Gasteiger partial charge in [-0.25, -0.2) is 13.2 Å². The number of aromatic nitrogens is 2. The Bertz CT molecular complexity index is 1450. The Labute approximate surface area is 204 Å². The maximum absolute atomic E-state index is 13.4. The normalized spacial score (nSPS) is 14.8. The predicted molar refractivity (Wildman–Crippen MR) is 135 cm³/mol. The number of carbonyl (C=O) groups excluding carboxylic acids is 1. The highest BCUT2D eigenvalue weighted by Crippen LogP contribution is 2.24. The molecular formula is C26H30N2O6S. The van der Waals surface area contributed by atoms with E-state index < -0.39 is 21.1 Å². The first-order valence-electron chi connectivity index (χ1n) is 11.9. The number of benzene rings is 2. The fourth-order valence-corrected chi connectivity index (χ4v) is 6.68. The van der Waals surface area contributed by atoms with Crippen LogP contribution in [0.4, 0.5) is 0 Å². The van der Waals surface area contributed by atoms with Crippen LogP contribution in [-0.4, -0.2) is 41.4 Å². The Kier molecular flexibility index (Phi) is 7.54. The minimum Gasteiger partial charge on any atom is -0.497 e. The van der Waals surface area contributed by atoms with Crippen molar-refractivity contribution in [2.75, 3.05) is 12.9 Å². The smallest absolute Gasteiger partial charge is 0.331 e. The Hall–Kier alpha value is -3.20. The molecule has 35 heavy (non-hydrogen) atoms. The van der Waals surface area contributed by atoms with E-state index in [1.54, 1.807) is 48.5 Å². The predicted octanol–water partition coefficient (Wildman–Crippen LogP) is 3.19. The minimum absolute atomic E-state index is 0.0260. The lowest BCUT2D eigenvalue weighted by molar-refractivity contribution is 0.0971. The molecule has 0 radical (unpaired) electrons. The van der Waals surface area contributed by atoms with Crippen molar-refractivity contribution in [3.63, 3.8) is 0 Å². The van der Waals surface area contributed by atoms with Gasteiger partial charge in [0.15, 0.2) is 15.6 Å². The molecule has 1 saturated carbocycles. The second kappa shape index (κ2) is 10.6. The van der Waals surface area contributed by atoms with Crippen molar-refractivity contribution in [3.8, 4) is 5.75 Å². The number of sulfone groups is 1. The summed E-state index contributed by atoms with van der Waals surface area (Å²) in [6.07, 6.45) is 4.41. The fraction of sp³-hybridized carbons (Fsp3) is 0.423. The van der Waals surface area contributed by atoms with E-state index in [1.807, 2.05) is 0 Å². The van der Waals surface area contributed by atoms with Gasteiger partial charge in [0.05, 0.1) is 35.6 Å². The molecule has 0 amide bonds. The summed E-state index contributed by atoms with van der Waals surface area (Å²) in [6, 6.07) is 13.3. The summed E-state index contributed by atoms with van der Waals surface area (Å²) < 4.78 is 33.0. The molecule has 1 aliphatic carbocycles. The van der Waals surface area contributed by atoms with E-state index in [-0.39, 0.29) is 36.3 Å². The number of methoxy groups -OCH3 is 1. The summed E-state index contributed by atoms with van der Waals surface area (Å²) in [5.74, 6) is 0.150. The molecule has 0 saturated heterocycles. The van der Waals surface area contributed by atoms with Crippen LogP contribution in [0.1, 0.15) is 48.9 Å². The molecule has 1 fully saturated rings. The van der Waals surface area contributed by atoms with E-state index in [2.05, 4.69) is 0 Å². The largest absolute Gasteiger partial charge is 0.497 e. The van der Waals surface area contributed by atoms with Crippen LogP contribution in [0.2, 0.25) is 0 Å². The number of ether oxygens (including phenoxy) is 1. The lowest BCUT2D eigenvalue weighted by Crippen LogP contribution is -2.41. The van der Waals surface area contributed by atoms with Crippen molar-refractivity contribution in [3.05, 3.63) is 74.9 Å². The molecule has 186 valence electrons. The molecule has 9 heteroatoms. The van der Waals surface area contributed by atoms with Gasteiger partial charge in [0.1, 0.15) is 5.75 Å². The summed E-state index contributed by atoms with van der Waals surface area (Å²) in [5, 5.41) is -0.0256. The van der Waals surface area contributed by atoms with Gasteiger partial charge in [-0.2, -0.15) is 0 Å². The van der Waals surface area contributed by atoms with Crippen LogP contribution in [0.3, 0.4) is 0 Å². The van der Waals surface area contributed by atoms with Crippen molar-refractivity contribution in [2.45, 2.75) is 56.9 Å². The zero-order chi connectivity index (χ0) is 25.0. The average molecular weight is 499 g/mol. The number of hydrogen-bond donors (Lipinski definition) is 0. The summed E-state index contributed by atoms with van der Waals surface area (Å²) in [5.41, 5.74) is -0.354. The minimum atomic E-state index is -3.28. The average Bonchev–Trinajstić information content (AvgIpc) is 2.89. The maximum Gasteiger partial charge on any atom is 0.331 e. The van der Waals surface area contributed by atoms with Crippen molar-refractivity contribution in [1.29, 1.82) is 0 Å². The Morgan fingerprint density at radius 3 is 2.49 bits per heavy atom. The van der Waals surface area contributed by atoms with Crippen molar-refractivity contribution >= 4 is 26.5 Å². The highest BCUT2D eigenvalue weighted by molar-refractivity contribution is 7.92. The van der Waals surface area contributed by atoms with Crippen molar-refractivity contribution in [1.82, 2.24) is 9.13 Å². The number of ketones is 1. The monoisotopic (exact) mass is 498 g/mol. The van der Waals surface area contributed by atoms with Gasteiger partial charge in [-0.05, 0) is 43.5 Å². The number of carbonyl (C=O) groups is 1. The summed E-state index contributed by atoms with van der Waals surface area (Å²) in [7, 11) is -1.78.